The van der Waals surface area contributed by atoms with Gasteiger partial charge in [-0.15, -0.1) is 0 Å². The van der Waals surface area contributed by atoms with Crippen molar-refractivity contribution in [3.8, 4) is 0 Å². The largest absolute Gasteiger partial charge is 0.480 e. The van der Waals surface area contributed by atoms with Crippen LogP contribution in [0.3, 0.4) is 0 Å². The minimum absolute atomic E-state index is 0.243. The molecule has 1 unspecified atom stereocenters. The summed E-state index contributed by atoms with van der Waals surface area (Å²) in [5.41, 5.74) is -0.606. The molecular formula is C9H15NO3. The zero-order valence-corrected chi connectivity index (χ0v) is 7.58. The molecule has 2 N–H and O–H groups in total. The maximum atomic E-state index is 10.9. The Morgan fingerprint density at radius 3 is 2.77 bits per heavy atom. The maximum Gasteiger partial charge on any atom is 0.323 e. The Bertz CT molecular complexity index is 207. The Hall–Kier alpha value is -0.610. The summed E-state index contributed by atoms with van der Waals surface area (Å²) in [6.45, 7) is 1.48. The minimum Gasteiger partial charge on any atom is -0.480 e. The van der Waals surface area contributed by atoms with Crippen LogP contribution in [0.15, 0.2) is 0 Å². The Labute approximate surface area is 77.3 Å². The van der Waals surface area contributed by atoms with Gasteiger partial charge >= 0.3 is 5.97 Å². The Morgan fingerprint density at radius 2 is 2.31 bits per heavy atom. The van der Waals surface area contributed by atoms with Gasteiger partial charge in [0.2, 0.25) is 0 Å². The SMILES string of the molecule is O=C(O)C1(NC2CCCOC2)CC1. The Balaban J connectivity index is 1.86. The van der Waals surface area contributed by atoms with Crippen molar-refractivity contribution in [2.24, 2.45) is 0 Å². The summed E-state index contributed by atoms with van der Waals surface area (Å²) < 4.78 is 5.28. The van der Waals surface area contributed by atoms with Crippen LogP contribution < -0.4 is 5.32 Å². The van der Waals surface area contributed by atoms with Gasteiger partial charge in [-0.25, -0.2) is 0 Å². The molecule has 2 fully saturated rings. The number of aliphatic carboxylic acids is 1. The van der Waals surface area contributed by atoms with Gasteiger partial charge in [0.1, 0.15) is 5.54 Å². The van der Waals surface area contributed by atoms with E-state index < -0.39 is 11.5 Å². The monoisotopic (exact) mass is 185 g/mol. The molecule has 2 aliphatic rings. The van der Waals surface area contributed by atoms with Gasteiger partial charge in [0, 0.05) is 12.6 Å². The highest BCUT2D eigenvalue weighted by Gasteiger charge is 2.51. The van der Waals surface area contributed by atoms with Gasteiger partial charge in [-0.05, 0) is 25.7 Å². The van der Waals surface area contributed by atoms with Crippen LogP contribution in [-0.4, -0.2) is 35.9 Å². The highest BCUT2D eigenvalue weighted by molar-refractivity contribution is 5.82. The standard InChI is InChI=1S/C9H15NO3/c11-8(12)9(3-4-9)10-7-2-1-5-13-6-7/h7,10H,1-6H2,(H,11,12). The first-order chi connectivity index (χ1) is 6.23. The molecule has 0 spiro atoms. The van der Waals surface area contributed by atoms with E-state index in [4.69, 9.17) is 9.84 Å². The van der Waals surface area contributed by atoms with E-state index in [0.717, 1.165) is 32.3 Å². The maximum absolute atomic E-state index is 10.9. The average Bonchev–Trinajstić information content (AvgIpc) is 2.87. The highest BCUT2D eigenvalue weighted by atomic mass is 16.5. The fraction of sp³-hybridized carbons (Fsp3) is 0.889. The molecule has 1 saturated carbocycles. The number of carboxylic acid groups (broad SMARTS) is 1. The van der Waals surface area contributed by atoms with Crippen LogP contribution in [0.4, 0.5) is 0 Å². The van der Waals surface area contributed by atoms with Gasteiger partial charge in [0.15, 0.2) is 0 Å². The molecule has 1 atom stereocenters. The Morgan fingerprint density at radius 1 is 1.54 bits per heavy atom. The molecule has 74 valence electrons. The van der Waals surface area contributed by atoms with Crippen LogP contribution in [0, 0.1) is 0 Å². The lowest BCUT2D eigenvalue weighted by Crippen LogP contribution is -2.48. The number of ether oxygens (including phenoxy) is 1. The van der Waals surface area contributed by atoms with Gasteiger partial charge in [-0.3, -0.25) is 10.1 Å². The van der Waals surface area contributed by atoms with Gasteiger partial charge in [0.05, 0.1) is 6.61 Å². The first kappa shape index (κ1) is 8.97. The molecule has 0 aromatic rings. The van der Waals surface area contributed by atoms with E-state index in [1.165, 1.54) is 0 Å². The Kier molecular flexibility index (Phi) is 2.26. The van der Waals surface area contributed by atoms with E-state index in [2.05, 4.69) is 5.32 Å². The van der Waals surface area contributed by atoms with Crippen LogP contribution in [0.25, 0.3) is 0 Å². The van der Waals surface area contributed by atoms with Gasteiger partial charge in [-0.1, -0.05) is 0 Å². The predicted molar refractivity (Wildman–Crippen MR) is 46.6 cm³/mol. The van der Waals surface area contributed by atoms with Crippen molar-refractivity contribution in [1.29, 1.82) is 0 Å². The van der Waals surface area contributed by atoms with E-state index in [1.807, 2.05) is 0 Å². The van der Waals surface area contributed by atoms with Crippen LogP contribution >= 0.6 is 0 Å². The molecule has 0 radical (unpaired) electrons. The van der Waals surface area contributed by atoms with Gasteiger partial charge in [-0.2, -0.15) is 0 Å². The summed E-state index contributed by atoms with van der Waals surface area (Å²) in [7, 11) is 0. The summed E-state index contributed by atoms with van der Waals surface area (Å²) in [5.74, 6) is -0.710. The third kappa shape index (κ3) is 1.84. The molecule has 4 heteroatoms. The summed E-state index contributed by atoms with van der Waals surface area (Å²) in [4.78, 5) is 10.9. The first-order valence-electron chi connectivity index (χ1n) is 4.82. The number of carbonyl (C=O) groups is 1. The third-order valence-corrected chi connectivity index (χ3v) is 2.80. The molecular weight excluding hydrogens is 170 g/mol. The van der Waals surface area contributed by atoms with Crippen LogP contribution in [-0.2, 0) is 9.53 Å². The van der Waals surface area contributed by atoms with E-state index >= 15 is 0 Å². The van der Waals surface area contributed by atoms with Crippen LogP contribution in [0.1, 0.15) is 25.7 Å². The van der Waals surface area contributed by atoms with Crippen LogP contribution in [0.5, 0.6) is 0 Å². The number of nitrogens with one attached hydrogen (secondary N) is 1. The van der Waals surface area contributed by atoms with Crippen molar-refractivity contribution >= 4 is 5.97 Å². The fourth-order valence-corrected chi connectivity index (χ4v) is 1.79. The number of hydrogen-bond donors (Lipinski definition) is 2. The quantitative estimate of drug-likeness (QED) is 0.667. The summed E-state index contributed by atoms with van der Waals surface area (Å²) in [6, 6.07) is 0.243. The van der Waals surface area contributed by atoms with E-state index in [-0.39, 0.29) is 6.04 Å². The van der Waals surface area contributed by atoms with Crippen molar-refractivity contribution < 1.29 is 14.6 Å². The summed E-state index contributed by atoms with van der Waals surface area (Å²) in [5, 5.41) is 12.1. The van der Waals surface area contributed by atoms with Crippen LogP contribution in [0.2, 0.25) is 0 Å². The molecule has 2 rings (SSSR count). The number of rotatable bonds is 3. The van der Waals surface area contributed by atoms with Crippen molar-refractivity contribution in [3.63, 3.8) is 0 Å². The van der Waals surface area contributed by atoms with Gasteiger partial charge in [0.25, 0.3) is 0 Å². The average molecular weight is 185 g/mol. The lowest BCUT2D eigenvalue weighted by atomic mass is 10.1. The first-order valence-corrected chi connectivity index (χ1v) is 4.82. The normalized spacial score (nSPS) is 31.2. The molecule has 1 heterocycles. The van der Waals surface area contributed by atoms with Gasteiger partial charge < -0.3 is 9.84 Å². The van der Waals surface area contributed by atoms with E-state index in [1.54, 1.807) is 0 Å². The smallest absolute Gasteiger partial charge is 0.323 e. The van der Waals surface area contributed by atoms with Crippen molar-refractivity contribution in [2.75, 3.05) is 13.2 Å². The highest BCUT2D eigenvalue weighted by Crippen LogP contribution is 2.36. The minimum atomic E-state index is -0.710. The molecule has 1 aliphatic heterocycles. The van der Waals surface area contributed by atoms with E-state index in [9.17, 15) is 4.79 Å². The fourth-order valence-electron chi connectivity index (χ4n) is 1.79. The topological polar surface area (TPSA) is 58.6 Å². The predicted octanol–water partition coefficient (Wildman–Crippen LogP) is 0.372. The van der Waals surface area contributed by atoms with Crippen molar-refractivity contribution in [1.82, 2.24) is 5.32 Å². The van der Waals surface area contributed by atoms with Crippen molar-refractivity contribution in [2.45, 2.75) is 37.3 Å². The van der Waals surface area contributed by atoms with E-state index in [0.29, 0.717) is 6.61 Å². The molecule has 0 amide bonds. The zero-order chi connectivity index (χ0) is 9.31. The molecule has 4 nitrogen and oxygen atoms in total. The van der Waals surface area contributed by atoms with Crippen molar-refractivity contribution in [3.05, 3.63) is 0 Å². The molecule has 1 saturated heterocycles. The summed E-state index contributed by atoms with van der Waals surface area (Å²) >= 11 is 0. The molecule has 0 aromatic carbocycles. The molecule has 13 heavy (non-hydrogen) atoms. The molecule has 0 bridgehead atoms. The molecule has 1 aliphatic carbocycles. The zero-order valence-electron chi connectivity index (χ0n) is 7.58. The second-order valence-corrected chi connectivity index (χ2v) is 3.95. The third-order valence-electron chi connectivity index (χ3n) is 2.80. The second-order valence-electron chi connectivity index (χ2n) is 3.95. The number of hydrogen-bond acceptors (Lipinski definition) is 3. The second kappa shape index (κ2) is 3.27. The molecule has 0 aromatic heterocycles. The lowest BCUT2D eigenvalue weighted by molar-refractivity contribution is -0.141. The number of carboxylic acids is 1. The summed E-state index contributed by atoms with van der Waals surface area (Å²) in [6.07, 6.45) is 3.60. The lowest BCUT2D eigenvalue weighted by Gasteiger charge is -2.26.